The molecule has 2 aromatic rings. The zero-order valence-electron chi connectivity index (χ0n) is 10.3. The summed E-state index contributed by atoms with van der Waals surface area (Å²) in [5.41, 5.74) is 9.55. The van der Waals surface area contributed by atoms with E-state index >= 15 is 0 Å². The zero-order valence-corrected chi connectivity index (χ0v) is 11.1. The average molecular weight is 272 g/mol. The van der Waals surface area contributed by atoms with Crippen LogP contribution in [0.1, 0.15) is 23.5 Å². The molecule has 1 saturated carbocycles. The maximum atomic E-state index is 8.88. The number of benzene rings is 1. The third kappa shape index (κ3) is 2.76. The van der Waals surface area contributed by atoms with Gasteiger partial charge in [-0.25, -0.2) is 0 Å². The predicted octanol–water partition coefficient (Wildman–Crippen LogP) is 2.86. The molecule has 3 rings (SSSR count). The molecule has 1 aromatic heterocycles. The normalized spacial score (nSPS) is 20.2. The average Bonchev–Trinajstić information content (AvgIpc) is 3.16. The van der Waals surface area contributed by atoms with Crippen molar-refractivity contribution in [3.63, 3.8) is 0 Å². The summed E-state index contributed by atoms with van der Waals surface area (Å²) in [5.74, 6) is 0.483. The van der Waals surface area contributed by atoms with Crippen molar-refractivity contribution in [3.8, 4) is 17.3 Å². The Labute approximate surface area is 118 Å². The molecule has 1 aliphatic rings. The Morgan fingerprint density at radius 3 is 2.63 bits per heavy atom. The first kappa shape index (κ1) is 13.5. The van der Waals surface area contributed by atoms with Crippen LogP contribution in [0.4, 0.5) is 0 Å². The molecule has 1 aromatic carbocycles. The molecule has 2 N–H and O–H groups in total. The van der Waals surface area contributed by atoms with Gasteiger partial charge in [-0.3, -0.25) is 4.98 Å². The van der Waals surface area contributed by atoms with Gasteiger partial charge in [-0.15, -0.1) is 12.4 Å². The van der Waals surface area contributed by atoms with E-state index in [1.165, 1.54) is 5.56 Å². The summed E-state index contributed by atoms with van der Waals surface area (Å²) in [6, 6.07) is 14.0. The summed E-state index contributed by atoms with van der Waals surface area (Å²) in [5, 5.41) is 8.88. The lowest BCUT2D eigenvalue weighted by molar-refractivity contribution is 0.981. The molecular weight excluding hydrogens is 258 g/mol. The van der Waals surface area contributed by atoms with Crippen LogP contribution in [0.15, 0.2) is 42.6 Å². The summed E-state index contributed by atoms with van der Waals surface area (Å²) in [7, 11) is 0. The molecule has 1 unspecified atom stereocenters. The van der Waals surface area contributed by atoms with E-state index in [1.54, 1.807) is 6.07 Å². The topological polar surface area (TPSA) is 62.7 Å². The van der Waals surface area contributed by atoms with Gasteiger partial charge in [0.15, 0.2) is 0 Å². The number of hydrogen-bond acceptors (Lipinski definition) is 3. The molecule has 0 amide bonds. The van der Waals surface area contributed by atoms with Crippen LogP contribution in [0.2, 0.25) is 0 Å². The molecule has 1 aliphatic carbocycles. The number of aromatic nitrogens is 1. The Morgan fingerprint density at radius 1 is 1.26 bits per heavy atom. The van der Waals surface area contributed by atoms with Crippen LogP contribution in [-0.2, 0) is 0 Å². The molecule has 0 saturated heterocycles. The van der Waals surface area contributed by atoms with Crippen LogP contribution < -0.4 is 5.73 Å². The van der Waals surface area contributed by atoms with Gasteiger partial charge >= 0.3 is 0 Å². The summed E-state index contributed by atoms with van der Waals surface area (Å²) < 4.78 is 0. The van der Waals surface area contributed by atoms with Crippen molar-refractivity contribution in [1.82, 2.24) is 4.98 Å². The van der Waals surface area contributed by atoms with Crippen molar-refractivity contribution in [2.24, 2.45) is 5.73 Å². The van der Waals surface area contributed by atoms with Crippen molar-refractivity contribution in [2.75, 3.05) is 0 Å². The minimum atomic E-state index is 0. The second-order valence-corrected chi connectivity index (χ2v) is 4.68. The lowest BCUT2D eigenvalue weighted by atomic mass is 10.1. The van der Waals surface area contributed by atoms with Gasteiger partial charge in [0, 0.05) is 23.7 Å². The monoisotopic (exact) mass is 271 g/mol. The summed E-state index contributed by atoms with van der Waals surface area (Å²) in [6.45, 7) is 0. The zero-order chi connectivity index (χ0) is 12.5. The lowest BCUT2D eigenvalue weighted by Gasteiger charge is -2.03. The van der Waals surface area contributed by atoms with Crippen molar-refractivity contribution >= 4 is 12.4 Å². The molecule has 19 heavy (non-hydrogen) atoms. The summed E-state index contributed by atoms with van der Waals surface area (Å²) in [6.07, 6.45) is 2.96. The first-order valence-corrected chi connectivity index (χ1v) is 6.00. The van der Waals surface area contributed by atoms with E-state index in [-0.39, 0.29) is 12.4 Å². The fraction of sp³-hybridized carbons (Fsp3) is 0.200. The first-order valence-electron chi connectivity index (χ1n) is 6.00. The van der Waals surface area contributed by atoms with Crippen LogP contribution >= 0.6 is 12.4 Å². The van der Waals surface area contributed by atoms with Crippen LogP contribution in [0.5, 0.6) is 0 Å². The van der Waals surface area contributed by atoms with E-state index in [2.05, 4.69) is 17.1 Å². The van der Waals surface area contributed by atoms with E-state index in [4.69, 9.17) is 11.0 Å². The summed E-state index contributed by atoms with van der Waals surface area (Å²) >= 11 is 0. The molecule has 96 valence electrons. The van der Waals surface area contributed by atoms with E-state index < -0.39 is 0 Å². The molecule has 3 nitrogen and oxygen atoms in total. The quantitative estimate of drug-likeness (QED) is 0.913. The van der Waals surface area contributed by atoms with Gasteiger partial charge in [0.2, 0.25) is 0 Å². The highest BCUT2D eigenvalue weighted by atomic mass is 35.5. The SMILES string of the molecule is Cl.N#Cc1cccc(-c2ccc(C3C[C@@H]3N)cn2)c1. The number of nitriles is 1. The van der Waals surface area contributed by atoms with Crippen molar-refractivity contribution in [2.45, 2.75) is 18.4 Å². The fourth-order valence-corrected chi connectivity index (χ4v) is 2.14. The van der Waals surface area contributed by atoms with E-state index in [1.807, 2.05) is 30.5 Å². The molecule has 0 spiro atoms. The Balaban J connectivity index is 0.00000133. The standard InChI is InChI=1S/C15H13N3.ClH/c16-8-10-2-1-3-11(6-10)15-5-4-12(9-18-15)13-7-14(13)17;/h1-6,9,13-14H,7,17H2;1H/t13?,14-;/m0./s1. The molecule has 2 atom stereocenters. The van der Waals surface area contributed by atoms with E-state index in [0.717, 1.165) is 17.7 Å². The Bertz CT molecular complexity index is 616. The first-order chi connectivity index (χ1) is 8.78. The van der Waals surface area contributed by atoms with Crippen molar-refractivity contribution in [1.29, 1.82) is 5.26 Å². The minimum absolute atomic E-state index is 0. The molecule has 0 radical (unpaired) electrons. The largest absolute Gasteiger partial charge is 0.327 e. The number of nitrogens with two attached hydrogens (primary N) is 1. The number of pyridine rings is 1. The molecule has 0 aliphatic heterocycles. The van der Waals surface area contributed by atoms with Gasteiger partial charge in [0.1, 0.15) is 0 Å². The number of hydrogen-bond donors (Lipinski definition) is 1. The molecule has 1 fully saturated rings. The van der Waals surface area contributed by atoms with Gasteiger partial charge in [0.25, 0.3) is 0 Å². The lowest BCUT2D eigenvalue weighted by Crippen LogP contribution is -2.01. The third-order valence-electron chi connectivity index (χ3n) is 3.34. The third-order valence-corrected chi connectivity index (χ3v) is 3.34. The molecule has 4 heteroatoms. The second kappa shape index (κ2) is 5.40. The van der Waals surface area contributed by atoms with Crippen molar-refractivity contribution in [3.05, 3.63) is 53.7 Å². The number of nitrogens with zero attached hydrogens (tertiary/aromatic N) is 2. The van der Waals surface area contributed by atoms with Gasteiger partial charge in [-0.1, -0.05) is 18.2 Å². The molecule has 1 heterocycles. The van der Waals surface area contributed by atoms with Crippen LogP contribution in [0.3, 0.4) is 0 Å². The molecular formula is C15H14ClN3. The number of halogens is 1. The maximum absolute atomic E-state index is 8.88. The fourth-order valence-electron chi connectivity index (χ4n) is 2.14. The highest BCUT2D eigenvalue weighted by Gasteiger charge is 2.34. The summed E-state index contributed by atoms with van der Waals surface area (Å²) in [4.78, 5) is 4.46. The van der Waals surface area contributed by atoms with E-state index in [9.17, 15) is 0 Å². The highest BCUT2D eigenvalue weighted by Crippen LogP contribution is 2.38. The van der Waals surface area contributed by atoms with Crippen LogP contribution in [-0.4, -0.2) is 11.0 Å². The Hall–Kier alpha value is -1.89. The second-order valence-electron chi connectivity index (χ2n) is 4.68. The number of rotatable bonds is 2. The van der Waals surface area contributed by atoms with Gasteiger partial charge < -0.3 is 5.73 Å². The van der Waals surface area contributed by atoms with E-state index in [0.29, 0.717) is 17.5 Å². The van der Waals surface area contributed by atoms with Gasteiger partial charge in [0.05, 0.1) is 17.3 Å². The smallest absolute Gasteiger partial charge is 0.0991 e. The van der Waals surface area contributed by atoms with Gasteiger partial charge in [-0.2, -0.15) is 5.26 Å². The Kier molecular flexibility index (Phi) is 3.84. The van der Waals surface area contributed by atoms with Crippen LogP contribution in [0.25, 0.3) is 11.3 Å². The van der Waals surface area contributed by atoms with Crippen LogP contribution in [0, 0.1) is 11.3 Å². The Morgan fingerprint density at radius 2 is 2.05 bits per heavy atom. The predicted molar refractivity (Wildman–Crippen MR) is 77.0 cm³/mol. The minimum Gasteiger partial charge on any atom is -0.327 e. The van der Waals surface area contributed by atoms with Crippen molar-refractivity contribution < 1.29 is 0 Å². The molecule has 0 bridgehead atoms. The maximum Gasteiger partial charge on any atom is 0.0991 e. The van der Waals surface area contributed by atoms with Gasteiger partial charge in [-0.05, 0) is 30.2 Å². The highest BCUT2D eigenvalue weighted by molar-refractivity contribution is 5.85.